The highest BCUT2D eigenvalue weighted by Gasteiger charge is 2.50. The fraction of sp³-hybridized carbons (Fsp3) is 0.464. The number of benzene rings is 3. The number of imide groups is 1. The van der Waals surface area contributed by atoms with Crippen LogP contribution in [0.5, 0.6) is 0 Å². The summed E-state index contributed by atoms with van der Waals surface area (Å²) in [6.45, 7) is 11.0. The largest absolute Gasteiger partial charge is 0.481 e. The first kappa shape index (κ1) is 71.7. The Kier molecular flexibility index (Phi) is 23.2. The highest BCUT2D eigenvalue weighted by molar-refractivity contribution is 8.00. The van der Waals surface area contributed by atoms with E-state index < -0.39 is 113 Å². The maximum atomic E-state index is 13.6. The number of rotatable bonds is 31. The number of nitrogens with two attached hydrogens (primary N) is 1. The SMILES string of the molecule is CCN(CC)c1ccc2c(-c3ccc(C(=O)NCCN4C(=O)CC(SCCNC(=O)CCNC(=O)[C@H](O)C(C)(C)COP(=O)(O)OP(=O)(O)OC[C@H]5O[C@@H](n6cnc7c(N)ncnc76)[C@H](O)[C@@H]5OP(=O)(O)O)C4=O)cc3C(=O)O)c3ccc(=[N+](CC)CC)cc-3oc2c1. The number of hydrogen-bond donors (Lipinski definition) is 11. The van der Waals surface area contributed by atoms with Gasteiger partial charge in [0.25, 0.3) is 5.91 Å². The van der Waals surface area contributed by atoms with Gasteiger partial charge in [-0.05, 0) is 63.6 Å². The van der Waals surface area contributed by atoms with Gasteiger partial charge in [0.05, 0.1) is 36.4 Å². The lowest BCUT2D eigenvalue weighted by atomic mass is 9.87. The summed E-state index contributed by atoms with van der Waals surface area (Å²) in [6, 6.07) is 16.0. The smallest absolute Gasteiger partial charge is 0.478 e. The van der Waals surface area contributed by atoms with Gasteiger partial charge in [-0.25, -0.2) is 38.0 Å². The Morgan fingerprint density at radius 1 is 0.892 bits per heavy atom. The number of aromatic carboxylic acids is 1. The highest BCUT2D eigenvalue weighted by atomic mass is 32.2. The third-order valence-electron chi connectivity index (χ3n) is 15.4. The standard InChI is InChI=1S/C56H72N11O22P3S/c1-7-64(8-2)32-12-15-35-38(24-32)86-39-25-33(65(9-3)10-4)13-16-36(39)44(35)34-14-11-31(23-37(34)55(75)76)51(72)60-19-21-66-43(69)26-41(53(66)74)93-22-20-58-42(68)17-18-59-52(73)48(71)56(5,6)28-85-92(82,83)89-91(80,81)84-27-40-47(88-90(77,78)79)46(70)54(87-40)67-30-63-45-49(57)61-29-62-50(45)67/h11-16,23-25,29-30,40-41,46-48,54,70-71H,7-10,17-22,26-28H2,1-6H3,(H9-,57,58,59,60,61,62,68,72,73,75,76,77,78,79,80,81,82,83)/p+1/t40-,41?,46-,47-,48+,54-/m1/s1. The Morgan fingerprint density at radius 2 is 1.60 bits per heavy atom. The molecule has 1 aliphatic carbocycles. The van der Waals surface area contributed by atoms with Gasteiger partial charge in [0.2, 0.25) is 29.0 Å². The maximum absolute atomic E-state index is 13.6. The zero-order valence-corrected chi connectivity index (χ0v) is 54.7. The first-order chi connectivity index (χ1) is 43.9. The quantitative estimate of drug-likeness (QED) is 0.00979. The van der Waals surface area contributed by atoms with E-state index in [1.54, 1.807) is 6.07 Å². The van der Waals surface area contributed by atoms with Crippen LogP contribution >= 0.6 is 35.2 Å². The Hall–Kier alpha value is -7.10. The number of phosphoric acid groups is 3. The Balaban J connectivity index is 0.761. The molecule has 4 aliphatic rings. The number of ether oxygens (including phenoxy) is 1. The number of fused-ring (bicyclic) bond motifs is 3. The number of hydrogen-bond acceptors (Lipinski definition) is 23. The van der Waals surface area contributed by atoms with Gasteiger partial charge in [0.15, 0.2) is 17.7 Å². The van der Waals surface area contributed by atoms with E-state index in [9.17, 15) is 77.4 Å². The molecule has 0 bridgehead atoms. The second kappa shape index (κ2) is 30.1. The molecule has 4 aromatic rings. The summed E-state index contributed by atoms with van der Waals surface area (Å²) in [5.74, 6) is -3.79. The molecule has 8 atom stereocenters. The van der Waals surface area contributed by atoms with Crippen molar-refractivity contribution < 1.29 is 104 Å². The molecule has 37 heteroatoms. The normalized spacial score (nSPS) is 19.4. The Bertz CT molecular complexity index is 3990. The summed E-state index contributed by atoms with van der Waals surface area (Å²) in [5.41, 5.74) is 7.22. The number of nitrogens with zero attached hydrogens (tertiary/aromatic N) is 7. The van der Waals surface area contributed by atoms with Gasteiger partial charge in [-0.15, -0.1) is 11.8 Å². The third kappa shape index (κ3) is 17.3. The summed E-state index contributed by atoms with van der Waals surface area (Å²) in [7, 11) is -16.6. The monoisotopic (exact) mass is 1380 g/mol. The van der Waals surface area contributed by atoms with Crippen LogP contribution in [0.15, 0.2) is 71.7 Å². The topological polar surface area (TPSA) is 470 Å². The number of aliphatic hydroxyl groups excluding tert-OH is 2. The molecule has 2 saturated heterocycles. The van der Waals surface area contributed by atoms with Crippen LogP contribution in [0.3, 0.4) is 0 Å². The average molecular weight is 1380 g/mol. The molecule has 0 spiro atoms. The van der Waals surface area contributed by atoms with Crippen LogP contribution in [-0.2, 0) is 55.5 Å². The predicted molar refractivity (Wildman–Crippen MR) is 335 cm³/mol. The minimum atomic E-state index is -5.65. The number of carboxylic acids is 1. The van der Waals surface area contributed by atoms with Crippen molar-refractivity contribution in [2.24, 2.45) is 5.41 Å². The first-order valence-corrected chi connectivity index (χ1v) is 34.8. The zero-order chi connectivity index (χ0) is 67.9. The number of nitrogen functional groups attached to an aromatic ring is 1. The number of amides is 5. The number of imidazole rings is 1. The van der Waals surface area contributed by atoms with Crippen LogP contribution in [0.1, 0.15) is 81.3 Å². The number of nitrogens with one attached hydrogen (secondary N) is 3. The number of carbonyl (C=O) groups excluding carboxylic acids is 5. The summed E-state index contributed by atoms with van der Waals surface area (Å²) >= 11 is 1.12. The van der Waals surface area contributed by atoms with Gasteiger partial charge in [-0.2, -0.15) is 4.31 Å². The fourth-order valence-corrected chi connectivity index (χ4v) is 14.4. The molecule has 33 nitrogen and oxygen atoms in total. The molecule has 2 aromatic heterocycles. The lowest BCUT2D eigenvalue weighted by Gasteiger charge is -2.30. The van der Waals surface area contributed by atoms with Crippen molar-refractivity contribution in [3.05, 3.63) is 83.7 Å². The van der Waals surface area contributed by atoms with Crippen molar-refractivity contribution in [3.8, 4) is 22.5 Å². The van der Waals surface area contributed by atoms with Crippen molar-refractivity contribution in [2.75, 3.05) is 82.0 Å². The van der Waals surface area contributed by atoms with E-state index in [0.717, 1.165) is 71.1 Å². The number of carboxylic acid groups (broad SMARTS) is 1. The Morgan fingerprint density at radius 3 is 2.29 bits per heavy atom. The van der Waals surface area contributed by atoms with Crippen LogP contribution in [0.4, 0.5) is 11.5 Å². The number of likely N-dealkylation sites (tertiary alicyclic amines) is 1. The van der Waals surface area contributed by atoms with Crippen molar-refractivity contribution in [1.29, 1.82) is 0 Å². The van der Waals surface area contributed by atoms with E-state index in [2.05, 4.69) is 76.9 Å². The average Bonchev–Trinajstić information content (AvgIpc) is 1.36. The molecule has 5 amide bonds. The number of anilines is 2. The second-order valence-corrected chi connectivity index (χ2v) is 27.6. The summed E-state index contributed by atoms with van der Waals surface area (Å²) in [6.07, 6.45) is -7.44. The van der Waals surface area contributed by atoms with E-state index in [1.165, 1.54) is 26.0 Å². The van der Waals surface area contributed by atoms with Gasteiger partial charge >= 0.3 is 29.4 Å². The molecule has 0 saturated carbocycles. The van der Waals surface area contributed by atoms with E-state index in [1.807, 2.05) is 36.4 Å². The first-order valence-electron chi connectivity index (χ1n) is 29.2. The minimum Gasteiger partial charge on any atom is -0.478 e. The van der Waals surface area contributed by atoms with Crippen LogP contribution in [0, 0.1) is 5.41 Å². The number of aromatic nitrogens is 4. The van der Waals surface area contributed by atoms with E-state index >= 15 is 0 Å². The zero-order valence-electron chi connectivity index (χ0n) is 51.2. The number of thioether (sulfide) groups is 1. The van der Waals surface area contributed by atoms with Gasteiger partial charge in [0.1, 0.15) is 60.7 Å². The van der Waals surface area contributed by atoms with Crippen LogP contribution < -0.4 is 36.5 Å². The lowest BCUT2D eigenvalue weighted by molar-refractivity contribution is -0.138. The molecule has 3 aliphatic heterocycles. The van der Waals surface area contributed by atoms with Gasteiger partial charge in [-0.1, -0.05) is 19.9 Å². The molecule has 8 rings (SSSR count). The highest BCUT2D eigenvalue weighted by Crippen LogP contribution is 2.61. The molecule has 0 radical (unpaired) electrons. The molecule has 2 aromatic carbocycles. The number of aliphatic hydroxyl groups is 2. The summed E-state index contributed by atoms with van der Waals surface area (Å²) in [4.78, 5) is 133. The van der Waals surface area contributed by atoms with Crippen LogP contribution in [0.25, 0.3) is 44.6 Å². The minimum absolute atomic E-state index is 0.00679. The maximum Gasteiger partial charge on any atom is 0.481 e. The fourth-order valence-electron chi connectivity index (χ4n) is 10.5. The summed E-state index contributed by atoms with van der Waals surface area (Å²) < 4.78 is 71.6. The van der Waals surface area contributed by atoms with Crippen LogP contribution in [-0.4, -0.2) is 196 Å². The van der Waals surface area contributed by atoms with Gasteiger partial charge in [-0.3, -0.25) is 47.0 Å². The van der Waals surface area contributed by atoms with Crippen molar-refractivity contribution in [3.63, 3.8) is 0 Å². The van der Waals surface area contributed by atoms with E-state index in [0.29, 0.717) is 33.4 Å². The van der Waals surface area contributed by atoms with Crippen molar-refractivity contribution >= 4 is 104 Å². The molecule has 5 heterocycles. The Labute approximate surface area is 535 Å². The molecule has 2 fully saturated rings. The molecular formula is C56H73N11O22P3S+. The molecular weight excluding hydrogens is 1300 g/mol. The molecule has 93 heavy (non-hydrogen) atoms. The molecule has 12 N–H and O–H groups in total. The lowest BCUT2D eigenvalue weighted by Crippen LogP contribution is -2.46. The summed E-state index contributed by atoms with van der Waals surface area (Å²) in [5, 5.41) is 40.9. The molecule has 3 unspecified atom stereocenters. The van der Waals surface area contributed by atoms with Gasteiger partial charge < -0.3 is 70.6 Å². The van der Waals surface area contributed by atoms with Crippen LogP contribution in [0.2, 0.25) is 0 Å². The number of carbonyl (C=O) groups is 6. The molecule has 504 valence electrons. The van der Waals surface area contributed by atoms with Gasteiger partial charge in [0, 0.05) is 103 Å². The van der Waals surface area contributed by atoms with Crippen molar-refractivity contribution in [1.82, 2.24) is 44.9 Å². The predicted octanol–water partition coefficient (Wildman–Crippen LogP) is 2.57. The third-order valence-corrected chi connectivity index (χ3v) is 19.7. The second-order valence-electron chi connectivity index (χ2n) is 22.0. The van der Waals surface area contributed by atoms with E-state index in [-0.39, 0.29) is 72.9 Å². The van der Waals surface area contributed by atoms with Crippen molar-refractivity contribution in [2.45, 2.75) is 90.3 Å². The number of phosphoric ester groups is 3. The van der Waals surface area contributed by atoms with E-state index in [4.69, 9.17) is 23.9 Å².